The van der Waals surface area contributed by atoms with Crippen molar-refractivity contribution in [1.82, 2.24) is 5.32 Å². The van der Waals surface area contributed by atoms with Crippen molar-refractivity contribution in [2.75, 3.05) is 12.0 Å². The van der Waals surface area contributed by atoms with E-state index in [9.17, 15) is 14.3 Å². The molecule has 5 nitrogen and oxygen atoms in total. The Bertz CT molecular complexity index is 879. The fourth-order valence-corrected chi connectivity index (χ4v) is 3.30. The van der Waals surface area contributed by atoms with Crippen LogP contribution in [-0.2, 0) is 9.53 Å². The lowest BCUT2D eigenvalue weighted by Gasteiger charge is -2.37. The number of allylic oxidation sites excluding steroid dienone is 1. The summed E-state index contributed by atoms with van der Waals surface area (Å²) in [4.78, 5) is 14.1. The highest BCUT2D eigenvalue weighted by atomic mass is 32.1. The van der Waals surface area contributed by atoms with Crippen molar-refractivity contribution in [3.8, 4) is 5.75 Å². The highest BCUT2D eigenvalue weighted by Gasteiger charge is 2.35. The number of ether oxygens (including phenoxy) is 1. The molecule has 0 saturated heterocycles. The molecule has 7 heteroatoms. The molecule has 0 bridgehead atoms. The molecule has 0 saturated carbocycles. The number of carbonyl (C=O) groups excluding carboxylic acids is 1. The lowest BCUT2D eigenvalue weighted by Crippen LogP contribution is -2.48. The van der Waals surface area contributed by atoms with Crippen LogP contribution in [0.4, 0.5) is 10.1 Å². The van der Waals surface area contributed by atoms with E-state index in [1.807, 2.05) is 0 Å². The first-order valence-electron chi connectivity index (χ1n) is 7.86. The summed E-state index contributed by atoms with van der Waals surface area (Å²) in [6, 6.07) is 11.8. The topological polar surface area (TPSA) is 61.8 Å². The Kier molecular flexibility index (Phi) is 4.90. The predicted molar refractivity (Wildman–Crippen MR) is 100 cm³/mol. The first-order chi connectivity index (χ1) is 12.4. The molecule has 2 N–H and O–H groups in total. The molecule has 2 aromatic carbocycles. The number of anilines is 1. The van der Waals surface area contributed by atoms with Crippen LogP contribution in [0.15, 0.2) is 59.8 Å². The summed E-state index contributed by atoms with van der Waals surface area (Å²) in [6.45, 7) is 1.76. The van der Waals surface area contributed by atoms with E-state index in [0.29, 0.717) is 22.1 Å². The normalized spacial score (nSPS) is 17.1. The maximum atomic E-state index is 13.3. The van der Waals surface area contributed by atoms with Crippen molar-refractivity contribution in [2.45, 2.75) is 13.0 Å². The molecule has 0 amide bonds. The summed E-state index contributed by atoms with van der Waals surface area (Å²) >= 11 is 5.48. The molecule has 0 aromatic heterocycles. The SMILES string of the molecule is COC(=O)C1=C(C)N(c2ccc(F)cc2)C(=S)N[C@H]1c1ccc(O)cc1. The van der Waals surface area contributed by atoms with E-state index in [2.05, 4.69) is 5.32 Å². The van der Waals surface area contributed by atoms with E-state index in [1.54, 1.807) is 36.1 Å². The summed E-state index contributed by atoms with van der Waals surface area (Å²) in [5, 5.41) is 13.0. The van der Waals surface area contributed by atoms with Crippen molar-refractivity contribution in [3.63, 3.8) is 0 Å². The summed E-state index contributed by atoms with van der Waals surface area (Å²) in [5.41, 5.74) is 2.36. The van der Waals surface area contributed by atoms with Crippen LogP contribution in [0, 0.1) is 5.82 Å². The molecule has 1 heterocycles. The Morgan fingerprint density at radius 3 is 2.38 bits per heavy atom. The fraction of sp³-hybridized carbons (Fsp3) is 0.158. The van der Waals surface area contributed by atoms with Gasteiger partial charge in [-0.15, -0.1) is 0 Å². The summed E-state index contributed by atoms with van der Waals surface area (Å²) < 4.78 is 18.2. The Hall–Kier alpha value is -2.93. The maximum Gasteiger partial charge on any atom is 0.337 e. The van der Waals surface area contributed by atoms with Crippen molar-refractivity contribution >= 4 is 29.0 Å². The number of phenolic OH excluding ortho intramolecular Hbond substituents is 1. The summed E-state index contributed by atoms with van der Waals surface area (Å²) in [5.74, 6) is -0.732. The summed E-state index contributed by atoms with van der Waals surface area (Å²) in [7, 11) is 1.31. The quantitative estimate of drug-likeness (QED) is 0.636. The number of nitrogens with one attached hydrogen (secondary N) is 1. The molecule has 0 radical (unpaired) electrons. The predicted octanol–water partition coefficient (Wildman–Crippen LogP) is 3.41. The minimum atomic E-state index is -0.521. The van der Waals surface area contributed by atoms with Crippen molar-refractivity contribution < 1.29 is 19.0 Å². The Balaban J connectivity index is 2.12. The standard InChI is InChI=1S/C19H17FN2O3S/c1-11-16(18(24)25-2)17(12-3-9-15(23)10-4-12)21-19(26)22(11)14-7-5-13(20)6-8-14/h3-10,17,23H,1-2H3,(H,21,26)/t17-/m0/s1. The zero-order valence-electron chi connectivity index (χ0n) is 14.2. The van der Waals surface area contributed by atoms with Crippen LogP contribution in [0.5, 0.6) is 5.75 Å². The van der Waals surface area contributed by atoms with E-state index in [-0.39, 0.29) is 11.6 Å². The van der Waals surface area contributed by atoms with Crippen LogP contribution in [0.25, 0.3) is 0 Å². The van der Waals surface area contributed by atoms with Gasteiger partial charge in [0.1, 0.15) is 11.6 Å². The molecular formula is C19H17FN2O3S. The number of rotatable bonds is 3. The first kappa shape index (κ1) is 17.9. The third-order valence-corrected chi connectivity index (χ3v) is 4.50. The minimum absolute atomic E-state index is 0.125. The number of methoxy groups -OCH3 is 1. The first-order valence-corrected chi connectivity index (χ1v) is 8.27. The van der Waals surface area contributed by atoms with E-state index in [1.165, 1.54) is 31.4 Å². The van der Waals surface area contributed by atoms with Gasteiger partial charge >= 0.3 is 5.97 Å². The summed E-state index contributed by atoms with van der Waals surface area (Å²) in [6.07, 6.45) is 0. The van der Waals surface area contributed by atoms with Crippen molar-refractivity contribution in [3.05, 3.63) is 71.2 Å². The van der Waals surface area contributed by atoms with Crippen LogP contribution in [-0.4, -0.2) is 23.3 Å². The Morgan fingerprint density at radius 1 is 1.19 bits per heavy atom. The van der Waals surface area contributed by atoms with Gasteiger partial charge in [-0.2, -0.15) is 0 Å². The number of phenols is 1. The van der Waals surface area contributed by atoms with Gasteiger partial charge in [0.05, 0.1) is 18.7 Å². The number of esters is 1. The van der Waals surface area contributed by atoms with Gasteiger partial charge in [0, 0.05) is 11.4 Å². The number of nitrogens with zero attached hydrogens (tertiary/aromatic N) is 1. The molecule has 1 aliphatic rings. The van der Waals surface area contributed by atoms with E-state index < -0.39 is 12.0 Å². The van der Waals surface area contributed by atoms with Gasteiger partial charge in [0.15, 0.2) is 5.11 Å². The van der Waals surface area contributed by atoms with Crippen LogP contribution >= 0.6 is 12.2 Å². The molecule has 0 fully saturated rings. The molecule has 0 aliphatic carbocycles. The van der Waals surface area contributed by atoms with Crippen LogP contribution in [0.2, 0.25) is 0 Å². The largest absolute Gasteiger partial charge is 0.508 e. The smallest absolute Gasteiger partial charge is 0.337 e. The second kappa shape index (κ2) is 7.13. The van der Waals surface area contributed by atoms with Gasteiger partial charge in [-0.3, -0.25) is 4.90 Å². The third kappa shape index (κ3) is 3.25. The number of thiocarbonyl (C=S) groups is 1. The van der Waals surface area contributed by atoms with Gasteiger partial charge in [-0.25, -0.2) is 9.18 Å². The van der Waals surface area contributed by atoms with Gasteiger partial charge in [0.2, 0.25) is 0 Å². The molecule has 2 aromatic rings. The monoisotopic (exact) mass is 372 g/mol. The van der Waals surface area contributed by atoms with Crippen molar-refractivity contribution in [2.24, 2.45) is 0 Å². The second-order valence-electron chi connectivity index (χ2n) is 5.78. The Morgan fingerprint density at radius 2 is 1.81 bits per heavy atom. The van der Waals surface area contributed by atoms with E-state index in [0.717, 1.165) is 5.56 Å². The Labute approximate surface area is 155 Å². The zero-order chi connectivity index (χ0) is 18.8. The minimum Gasteiger partial charge on any atom is -0.508 e. The number of carbonyl (C=O) groups is 1. The number of hydrogen-bond donors (Lipinski definition) is 2. The number of halogens is 1. The molecule has 134 valence electrons. The van der Waals surface area contributed by atoms with Gasteiger partial charge in [-0.05, 0) is 61.1 Å². The molecule has 0 spiro atoms. The van der Waals surface area contributed by atoms with Crippen LogP contribution < -0.4 is 10.2 Å². The molecule has 1 atom stereocenters. The van der Waals surface area contributed by atoms with Crippen LogP contribution in [0.1, 0.15) is 18.5 Å². The average Bonchev–Trinajstić information content (AvgIpc) is 2.63. The lowest BCUT2D eigenvalue weighted by molar-refractivity contribution is -0.136. The van der Waals surface area contributed by atoms with Gasteiger partial charge in [0.25, 0.3) is 0 Å². The van der Waals surface area contributed by atoms with Gasteiger partial charge in [-0.1, -0.05) is 12.1 Å². The molecule has 26 heavy (non-hydrogen) atoms. The zero-order valence-corrected chi connectivity index (χ0v) is 15.0. The number of aromatic hydroxyl groups is 1. The molecule has 3 rings (SSSR count). The number of benzene rings is 2. The highest BCUT2D eigenvalue weighted by molar-refractivity contribution is 7.80. The average molecular weight is 372 g/mol. The van der Waals surface area contributed by atoms with Crippen molar-refractivity contribution in [1.29, 1.82) is 0 Å². The molecule has 1 aliphatic heterocycles. The van der Waals surface area contributed by atoms with E-state index >= 15 is 0 Å². The van der Waals surface area contributed by atoms with Crippen LogP contribution in [0.3, 0.4) is 0 Å². The van der Waals surface area contributed by atoms with Gasteiger partial charge < -0.3 is 15.2 Å². The maximum absolute atomic E-state index is 13.3. The number of hydrogen-bond acceptors (Lipinski definition) is 4. The van der Waals surface area contributed by atoms with E-state index in [4.69, 9.17) is 17.0 Å². The molecular weight excluding hydrogens is 355 g/mol. The molecule has 0 unspecified atom stereocenters. The second-order valence-corrected chi connectivity index (χ2v) is 6.16. The fourth-order valence-electron chi connectivity index (χ4n) is 2.94. The lowest BCUT2D eigenvalue weighted by atomic mass is 9.94. The highest BCUT2D eigenvalue weighted by Crippen LogP contribution is 2.34. The third-order valence-electron chi connectivity index (χ3n) is 4.20.